The monoisotopic (exact) mass is 477 g/mol. The minimum atomic E-state index is -0.832. The van der Waals surface area contributed by atoms with Gasteiger partial charge in [-0.3, -0.25) is 18.7 Å². The number of hydrogen-bond donors (Lipinski definition) is 1. The van der Waals surface area contributed by atoms with Crippen LogP contribution in [0.15, 0.2) is 27.8 Å². The van der Waals surface area contributed by atoms with Crippen molar-refractivity contribution in [1.82, 2.24) is 14.1 Å². The number of aromatic nitrogens is 3. The van der Waals surface area contributed by atoms with Crippen molar-refractivity contribution in [3.05, 3.63) is 50.7 Å². The van der Waals surface area contributed by atoms with E-state index in [-0.39, 0.29) is 17.9 Å². The second-order valence-electron chi connectivity index (χ2n) is 8.35. The van der Waals surface area contributed by atoms with E-state index < -0.39 is 35.3 Å². The van der Waals surface area contributed by atoms with Gasteiger partial charge < -0.3 is 10.2 Å². The van der Waals surface area contributed by atoms with Crippen molar-refractivity contribution in [1.29, 1.82) is 0 Å². The van der Waals surface area contributed by atoms with E-state index >= 15 is 0 Å². The van der Waals surface area contributed by atoms with Gasteiger partial charge in [-0.05, 0) is 37.3 Å². The molecule has 0 unspecified atom stereocenters. The van der Waals surface area contributed by atoms with Gasteiger partial charge in [-0.2, -0.15) is 0 Å². The van der Waals surface area contributed by atoms with Gasteiger partial charge in [0.25, 0.3) is 5.56 Å². The lowest BCUT2D eigenvalue weighted by molar-refractivity contribution is -0.116. The minimum Gasteiger partial charge on any atom is -0.348 e. The maximum absolute atomic E-state index is 13.5. The normalized spacial score (nSPS) is 14.7. The SMILES string of the molecule is CCCn1c(=O)c2sc(N3CCC(C)CC3)nc2n(CC(=O)Nc2cc(F)cc(F)c2)c1=O. The fourth-order valence-corrected chi connectivity index (χ4v) is 5.01. The van der Waals surface area contributed by atoms with E-state index in [1.165, 1.54) is 11.3 Å². The molecule has 0 atom stereocenters. The second kappa shape index (κ2) is 9.42. The van der Waals surface area contributed by atoms with E-state index in [0.717, 1.165) is 47.2 Å². The van der Waals surface area contributed by atoms with Crippen LogP contribution in [0, 0.1) is 17.6 Å². The molecule has 4 rings (SSSR count). The van der Waals surface area contributed by atoms with Crippen LogP contribution < -0.4 is 21.5 Å². The molecule has 1 saturated heterocycles. The van der Waals surface area contributed by atoms with E-state index in [2.05, 4.69) is 22.1 Å². The van der Waals surface area contributed by atoms with Crippen LogP contribution in [0.5, 0.6) is 0 Å². The molecule has 1 aromatic carbocycles. The molecule has 3 heterocycles. The molecular formula is C22H25F2N5O3S. The summed E-state index contributed by atoms with van der Waals surface area (Å²) < 4.78 is 29.5. The number of piperidine rings is 1. The third-order valence-electron chi connectivity index (χ3n) is 5.70. The zero-order valence-corrected chi connectivity index (χ0v) is 19.3. The van der Waals surface area contributed by atoms with Gasteiger partial charge in [-0.1, -0.05) is 25.2 Å². The molecule has 1 fully saturated rings. The summed E-state index contributed by atoms with van der Waals surface area (Å²) in [5.41, 5.74) is -0.976. The average Bonchev–Trinajstić information content (AvgIpc) is 3.19. The van der Waals surface area contributed by atoms with Gasteiger partial charge in [-0.15, -0.1) is 0 Å². The van der Waals surface area contributed by atoms with Gasteiger partial charge in [0.1, 0.15) is 22.9 Å². The van der Waals surface area contributed by atoms with Gasteiger partial charge in [0, 0.05) is 31.4 Å². The first-order valence-electron chi connectivity index (χ1n) is 10.9. The zero-order chi connectivity index (χ0) is 23.7. The topological polar surface area (TPSA) is 89.2 Å². The summed E-state index contributed by atoms with van der Waals surface area (Å²) in [6.45, 7) is 5.41. The van der Waals surface area contributed by atoms with E-state index in [0.29, 0.717) is 28.2 Å². The van der Waals surface area contributed by atoms with Crippen molar-refractivity contribution in [2.75, 3.05) is 23.3 Å². The molecule has 0 radical (unpaired) electrons. The molecule has 1 amide bonds. The number of halogens is 2. The predicted molar refractivity (Wildman–Crippen MR) is 124 cm³/mol. The van der Waals surface area contributed by atoms with Gasteiger partial charge in [-0.25, -0.2) is 18.6 Å². The smallest absolute Gasteiger partial charge is 0.333 e. The van der Waals surface area contributed by atoms with Gasteiger partial charge >= 0.3 is 5.69 Å². The summed E-state index contributed by atoms with van der Waals surface area (Å²) in [7, 11) is 0. The highest BCUT2D eigenvalue weighted by Gasteiger charge is 2.24. The van der Waals surface area contributed by atoms with E-state index in [9.17, 15) is 23.2 Å². The van der Waals surface area contributed by atoms with Crippen LogP contribution in [-0.4, -0.2) is 33.1 Å². The first-order valence-corrected chi connectivity index (χ1v) is 11.7. The summed E-state index contributed by atoms with van der Waals surface area (Å²) in [5, 5.41) is 3.05. The highest BCUT2D eigenvalue weighted by Crippen LogP contribution is 2.29. The zero-order valence-electron chi connectivity index (χ0n) is 18.4. The lowest BCUT2D eigenvalue weighted by Gasteiger charge is -2.29. The molecule has 176 valence electrons. The largest absolute Gasteiger partial charge is 0.348 e. The van der Waals surface area contributed by atoms with Crippen molar-refractivity contribution in [3.8, 4) is 0 Å². The lowest BCUT2D eigenvalue weighted by atomic mass is 10.00. The molecule has 11 heteroatoms. The van der Waals surface area contributed by atoms with Crippen LogP contribution in [0.1, 0.15) is 33.1 Å². The third-order valence-corrected chi connectivity index (χ3v) is 6.80. The second-order valence-corrected chi connectivity index (χ2v) is 9.33. The average molecular weight is 478 g/mol. The Hall–Kier alpha value is -3.08. The Labute approximate surface area is 192 Å². The lowest BCUT2D eigenvalue weighted by Crippen LogP contribution is -2.41. The number of nitrogens with one attached hydrogen (secondary N) is 1. The maximum atomic E-state index is 13.5. The number of nitrogens with zero attached hydrogens (tertiary/aromatic N) is 4. The van der Waals surface area contributed by atoms with Crippen molar-refractivity contribution in [3.63, 3.8) is 0 Å². The number of anilines is 2. The number of amides is 1. The Morgan fingerprint density at radius 3 is 2.45 bits per heavy atom. The Kier molecular flexibility index (Phi) is 6.59. The van der Waals surface area contributed by atoms with E-state index in [1.54, 1.807) is 0 Å². The van der Waals surface area contributed by atoms with E-state index in [1.807, 2.05) is 6.92 Å². The summed E-state index contributed by atoms with van der Waals surface area (Å²) in [6.07, 6.45) is 2.58. The molecule has 0 aliphatic carbocycles. The molecule has 1 N–H and O–H groups in total. The molecule has 8 nitrogen and oxygen atoms in total. The molecule has 3 aromatic rings. The highest BCUT2D eigenvalue weighted by atomic mass is 32.1. The van der Waals surface area contributed by atoms with Crippen molar-refractivity contribution >= 4 is 38.4 Å². The van der Waals surface area contributed by atoms with Gasteiger partial charge in [0.2, 0.25) is 5.91 Å². The Morgan fingerprint density at radius 2 is 1.82 bits per heavy atom. The predicted octanol–water partition coefficient (Wildman–Crippen LogP) is 3.18. The number of rotatable bonds is 6. The maximum Gasteiger partial charge on any atom is 0.333 e. The number of carbonyl (C=O) groups excluding carboxylic acids is 1. The van der Waals surface area contributed by atoms with Crippen molar-refractivity contribution in [2.45, 2.75) is 46.2 Å². The van der Waals surface area contributed by atoms with E-state index in [4.69, 9.17) is 0 Å². The third kappa shape index (κ3) is 4.82. The fraction of sp³-hybridized carbons (Fsp3) is 0.455. The number of fused-ring (bicyclic) bond motifs is 1. The van der Waals surface area contributed by atoms with Crippen molar-refractivity contribution in [2.24, 2.45) is 5.92 Å². The highest BCUT2D eigenvalue weighted by molar-refractivity contribution is 7.22. The molecular weight excluding hydrogens is 452 g/mol. The molecule has 0 saturated carbocycles. The number of carbonyl (C=O) groups is 1. The Balaban J connectivity index is 1.72. The van der Waals surface area contributed by atoms with Crippen LogP contribution in [0.25, 0.3) is 10.3 Å². The molecule has 2 aromatic heterocycles. The van der Waals surface area contributed by atoms with Crippen LogP contribution in [0.4, 0.5) is 19.6 Å². The quantitative estimate of drug-likeness (QED) is 0.589. The number of thiazole rings is 1. The Morgan fingerprint density at radius 1 is 1.15 bits per heavy atom. The standard InChI is InChI=1S/C22H25F2N5O3S/c1-3-6-28-20(31)18-19(26-21(33-18)27-7-4-13(2)5-8-27)29(22(28)32)12-17(30)25-16-10-14(23)9-15(24)11-16/h9-11,13H,3-8,12H2,1-2H3,(H,25,30). The molecule has 0 spiro atoms. The van der Waals surface area contributed by atoms with Crippen molar-refractivity contribution < 1.29 is 13.6 Å². The molecule has 0 bridgehead atoms. The van der Waals surface area contributed by atoms with Crippen LogP contribution in [0.2, 0.25) is 0 Å². The summed E-state index contributed by atoms with van der Waals surface area (Å²) in [4.78, 5) is 45.4. The van der Waals surface area contributed by atoms with Crippen LogP contribution in [0.3, 0.4) is 0 Å². The minimum absolute atomic E-state index is 0.0647. The number of hydrogen-bond acceptors (Lipinski definition) is 6. The first kappa shape index (κ1) is 23.1. The van der Waals surface area contributed by atoms with Crippen LogP contribution >= 0.6 is 11.3 Å². The first-order chi connectivity index (χ1) is 15.8. The van der Waals surface area contributed by atoms with Crippen LogP contribution in [-0.2, 0) is 17.9 Å². The Bertz CT molecular complexity index is 1290. The fourth-order valence-electron chi connectivity index (χ4n) is 3.94. The summed E-state index contributed by atoms with van der Waals surface area (Å²) in [6, 6.07) is 2.66. The number of benzene rings is 1. The van der Waals surface area contributed by atoms with Gasteiger partial charge in [0.05, 0.1) is 0 Å². The summed E-state index contributed by atoms with van der Waals surface area (Å²) in [5.74, 6) is -1.71. The van der Waals surface area contributed by atoms with Gasteiger partial charge in [0.15, 0.2) is 10.8 Å². The molecule has 1 aliphatic heterocycles. The summed E-state index contributed by atoms with van der Waals surface area (Å²) >= 11 is 1.22. The molecule has 1 aliphatic rings. The molecule has 33 heavy (non-hydrogen) atoms.